The van der Waals surface area contributed by atoms with E-state index < -0.39 is 10.8 Å². The summed E-state index contributed by atoms with van der Waals surface area (Å²) < 4.78 is 10.8. The number of non-ortho nitro benzene ring substituents is 1. The smallest absolute Gasteiger partial charge is 0.270 e. The number of nitriles is 1. The number of hydrogen-bond acceptors (Lipinski definition) is 6. The van der Waals surface area contributed by atoms with Gasteiger partial charge in [0.2, 0.25) is 5.88 Å². The first-order valence-corrected chi connectivity index (χ1v) is 7.76. The van der Waals surface area contributed by atoms with Crippen molar-refractivity contribution >= 4 is 17.5 Å². The largest absolute Gasteiger partial charge is 0.497 e. The van der Waals surface area contributed by atoms with E-state index in [4.69, 9.17) is 9.15 Å². The number of nitrogens with zero attached hydrogens (tertiary/aromatic N) is 2. The molecule has 0 atom stereocenters. The Morgan fingerprint density at radius 3 is 2.70 bits per heavy atom. The number of hydrogen-bond donors (Lipinski definition) is 1. The molecule has 0 aliphatic rings. The molecule has 1 aromatic heterocycles. The number of anilines is 1. The van der Waals surface area contributed by atoms with Crippen LogP contribution in [0.4, 0.5) is 11.6 Å². The summed E-state index contributed by atoms with van der Waals surface area (Å²) in [6.45, 7) is 0. The number of carbonyl (C=O) groups is 1. The number of furan rings is 1. The number of benzene rings is 2. The molecule has 0 aliphatic carbocycles. The van der Waals surface area contributed by atoms with E-state index >= 15 is 0 Å². The maximum Gasteiger partial charge on any atom is 0.270 e. The Kier molecular flexibility index (Phi) is 4.86. The van der Waals surface area contributed by atoms with E-state index in [-0.39, 0.29) is 22.7 Å². The summed E-state index contributed by atoms with van der Waals surface area (Å²) in [4.78, 5) is 22.6. The fourth-order valence-electron chi connectivity index (χ4n) is 2.42. The number of ether oxygens (including phenoxy) is 1. The lowest BCUT2D eigenvalue weighted by molar-refractivity contribution is -0.384. The van der Waals surface area contributed by atoms with Crippen molar-refractivity contribution in [2.45, 2.75) is 0 Å². The van der Waals surface area contributed by atoms with Crippen LogP contribution in [0.25, 0.3) is 11.3 Å². The number of nitro benzene ring substituents is 1. The minimum absolute atomic E-state index is 0.0353. The number of amides is 1. The van der Waals surface area contributed by atoms with Gasteiger partial charge in [-0.3, -0.25) is 20.2 Å². The van der Waals surface area contributed by atoms with Crippen molar-refractivity contribution in [3.8, 4) is 23.1 Å². The van der Waals surface area contributed by atoms with Crippen LogP contribution in [0.1, 0.15) is 15.9 Å². The van der Waals surface area contributed by atoms with Gasteiger partial charge in [0.05, 0.1) is 12.0 Å². The summed E-state index contributed by atoms with van der Waals surface area (Å²) in [6.07, 6.45) is 0. The number of carbonyl (C=O) groups excluding carboxylic acids is 1. The average molecular weight is 363 g/mol. The van der Waals surface area contributed by atoms with Gasteiger partial charge < -0.3 is 9.15 Å². The second-order valence-electron chi connectivity index (χ2n) is 5.46. The Labute approximate surface area is 153 Å². The molecule has 1 amide bonds. The molecule has 1 heterocycles. The highest BCUT2D eigenvalue weighted by molar-refractivity contribution is 6.04. The molecule has 3 aromatic rings. The van der Waals surface area contributed by atoms with E-state index in [9.17, 15) is 20.2 Å². The lowest BCUT2D eigenvalue weighted by Gasteiger charge is -2.03. The van der Waals surface area contributed by atoms with E-state index in [0.29, 0.717) is 17.1 Å². The first-order chi connectivity index (χ1) is 13.0. The molecule has 0 spiro atoms. The molecule has 0 aliphatic heterocycles. The Hall–Kier alpha value is -4.12. The minimum Gasteiger partial charge on any atom is -0.497 e. The molecule has 2 aromatic carbocycles. The summed E-state index contributed by atoms with van der Waals surface area (Å²) >= 11 is 0. The van der Waals surface area contributed by atoms with E-state index in [2.05, 4.69) is 5.32 Å². The molecule has 0 fully saturated rings. The molecular weight excluding hydrogens is 350 g/mol. The zero-order chi connectivity index (χ0) is 19.4. The Morgan fingerprint density at radius 2 is 2.00 bits per heavy atom. The summed E-state index contributed by atoms with van der Waals surface area (Å²) in [5, 5.41) is 22.6. The molecule has 0 saturated heterocycles. The van der Waals surface area contributed by atoms with Crippen molar-refractivity contribution in [1.29, 1.82) is 5.26 Å². The number of nitro groups is 1. The quantitative estimate of drug-likeness (QED) is 0.541. The third-order valence-electron chi connectivity index (χ3n) is 3.75. The maximum atomic E-state index is 12.4. The lowest BCUT2D eigenvalue weighted by Crippen LogP contribution is -2.12. The fourth-order valence-corrected chi connectivity index (χ4v) is 2.42. The highest BCUT2D eigenvalue weighted by atomic mass is 16.6. The molecule has 0 saturated carbocycles. The third-order valence-corrected chi connectivity index (χ3v) is 3.75. The second-order valence-corrected chi connectivity index (χ2v) is 5.46. The van der Waals surface area contributed by atoms with Gasteiger partial charge in [-0.25, -0.2) is 0 Å². The van der Waals surface area contributed by atoms with Crippen molar-refractivity contribution in [3.05, 3.63) is 75.8 Å². The van der Waals surface area contributed by atoms with E-state index in [0.717, 1.165) is 6.07 Å². The van der Waals surface area contributed by atoms with Crippen LogP contribution in [-0.2, 0) is 0 Å². The monoisotopic (exact) mass is 363 g/mol. The first kappa shape index (κ1) is 17.7. The molecule has 134 valence electrons. The first-order valence-electron chi connectivity index (χ1n) is 7.76. The summed E-state index contributed by atoms with van der Waals surface area (Å²) in [5.74, 6) is 0.331. The van der Waals surface area contributed by atoms with Crippen LogP contribution in [0.3, 0.4) is 0 Å². The lowest BCUT2D eigenvalue weighted by atomic mass is 10.1. The number of rotatable bonds is 5. The van der Waals surface area contributed by atoms with E-state index in [1.807, 2.05) is 6.07 Å². The van der Waals surface area contributed by atoms with Crippen LogP contribution in [0.2, 0.25) is 0 Å². The normalized spacial score (nSPS) is 10.1. The summed E-state index contributed by atoms with van der Waals surface area (Å²) in [5.41, 5.74) is 0.667. The van der Waals surface area contributed by atoms with Gasteiger partial charge in [-0.1, -0.05) is 18.2 Å². The zero-order valence-corrected chi connectivity index (χ0v) is 14.1. The molecule has 8 heteroatoms. The predicted molar refractivity (Wildman–Crippen MR) is 96.5 cm³/mol. The van der Waals surface area contributed by atoms with Gasteiger partial charge >= 0.3 is 0 Å². The van der Waals surface area contributed by atoms with Gasteiger partial charge in [-0.15, -0.1) is 0 Å². The standard InChI is InChI=1S/C19H13N3O5/c1-26-16-7-3-4-12(9-16)17-10-14(11-20)19(27-17)21-18(23)13-5-2-6-15(8-13)22(24)25/h2-10H,1H3,(H,21,23). The molecule has 0 radical (unpaired) electrons. The Morgan fingerprint density at radius 1 is 1.22 bits per heavy atom. The van der Waals surface area contributed by atoms with Crippen molar-refractivity contribution in [2.24, 2.45) is 0 Å². The van der Waals surface area contributed by atoms with Crippen molar-refractivity contribution in [1.82, 2.24) is 0 Å². The average Bonchev–Trinajstić information content (AvgIpc) is 3.11. The van der Waals surface area contributed by atoms with Gasteiger partial charge in [0, 0.05) is 29.3 Å². The molecule has 8 nitrogen and oxygen atoms in total. The van der Waals surface area contributed by atoms with Crippen LogP contribution in [-0.4, -0.2) is 17.9 Å². The fraction of sp³-hybridized carbons (Fsp3) is 0.0526. The molecule has 27 heavy (non-hydrogen) atoms. The summed E-state index contributed by atoms with van der Waals surface area (Å²) in [7, 11) is 1.53. The van der Waals surface area contributed by atoms with Crippen LogP contribution < -0.4 is 10.1 Å². The molecule has 0 unspecified atom stereocenters. The third kappa shape index (κ3) is 3.77. The molecular formula is C19H13N3O5. The van der Waals surface area contributed by atoms with Crippen molar-refractivity contribution in [3.63, 3.8) is 0 Å². The molecule has 3 rings (SSSR count). The molecule has 1 N–H and O–H groups in total. The SMILES string of the molecule is COc1cccc(-c2cc(C#N)c(NC(=O)c3cccc([N+](=O)[O-])c3)o2)c1. The van der Waals surface area contributed by atoms with Crippen LogP contribution in [0, 0.1) is 21.4 Å². The second kappa shape index (κ2) is 7.41. The summed E-state index contributed by atoms with van der Waals surface area (Å²) in [6, 6.07) is 15.8. The highest BCUT2D eigenvalue weighted by Gasteiger charge is 2.18. The molecule has 0 bridgehead atoms. The van der Waals surface area contributed by atoms with Crippen molar-refractivity contribution in [2.75, 3.05) is 12.4 Å². The van der Waals surface area contributed by atoms with Crippen LogP contribution in [0.5, 0.6) is 5.75 Å². The van der Waals surface area contributed by atoms with Gasteiger partial charge in [-0.05, 0) is 18.2 Å². The topological polar surface area (TPSA) is 118 Å². The Bertz CT molecular complexity index is 1070. The predicted octanol–water partition coefficient (Wildman–Crippen LogP) is 3.99. The Balaban J connectivity index is 1.90. The number of nitrogens with one attached hydrogen (secondary N) is 1. The maximum absolute atomic E-state index is 12.4. The number of methoxy groups -OCH3 is 1. The van der Waals surface area contributed by atoms with Gasteiger partial charge in [0.25, 0.3) is 11.6 Å². The van der Waals surface area contributed by atoms with Gasteiger partial charge in [-0.2, -0.15) is 5.26 Å². The van der Waals surface area contributed by atoms with Crippen LogP contribution >= 0.6 is 0 Å². The van der Waals surface area contributed by atoms with Crippen LogP contribution in [0.15, 0.2) is 59.0 Å². The zero-order valence-electron chi connectivity index (χ0n) is 14.1. The van der Waals surface area contributed by atoms with Crippen molar-refractivity contribution < 1.29 is 18.9 Å². The van der Waals surface area contributed by atoms with E-state index in [1.54, 1.807) is 24.3 Å². The van der Waals surface area contributed by atoms with E-state index in [1.165, 1.54) is 31.4 Å². The van der Waals surface area contributed by atoms with Gasteiger partial charge in [0.1, 0.15) is 23.1 Å². The van der Waals surface area contributed by atoms with Gasteiger partial charge in [0.15, 0.2) is 0 Å². The minimum atomic E-state index is -0.623. The highest BCUT2D eigenvalue weighted by Crippen LogP contribution is 2.31.